The molecule has 0 spiro atoms. The van der Waals surface area contributed by atoms with Crippen LogP contribution in [0.5, 0.6) is 0 Å². The van der Waals surface area contributed by atoms with Gasteiger partial charge >= 0.3 is 0 Å². The quantitative estimate of drug-likeness (QED) is 0.482. The predicted molar refractivity (Wildman–Crippen MR) is 134 cm³/mol. The zero-order chi connectivity index (χ0) is 23.3. The fourth-order valence-electron chi connectivity index (χ4n) is 4.49. The topological polar surface area (TPSA) is 70.0 Å². The van der Waals surface area contributed by atoms with Gasteiger partial charge in [-0.25, -0.2) is 4.98 Å². The summed E-state index contributed by atoms with van der Waals surface area (Å²) in [7, 11) is 0. The highest BCUT2D eigenvalue weighted by Gasteiger charge is 2.23. The van der Waals surface area contributed by atoms with Crippen molar-refractivity contribution in [2.75, 3.05) is 39.3 Å². The van der Waals surface area contributed by atoms with Crippen LogP contribution in [0.1, 0.15) is 24.1 Å². The number of imidazole rings is 1. The Bertz CT molecular complexity index is 1210. The number of aryl methyl sites for hydroxylation is 1. The van der Waals surface area contributed by atoms with E-state index in [4.69, 9.17) is 0 Å². The largest absolute Gasteiger partial charge is 0.352 e. The van der Waals surface area contributed by atoms with Gasteiger partial charge in [-0.1, -0.05) is 48.2 Å². The molecule has 7 nitrogen and oxygen atoms in total. The molecular weight excluding hydrogens is 446 g/mol. The fourth-order valence-corrected chi connectivity index (χ4v) is 5.50. The average molecular weight is 476 g/mol. The highest BCUT2D eigenvalue weighted by Crippen LogP contribution is 2.34. The van der Waals surface area contributed by atoms with Crippen LogP contribution in [0.25, 0.3) is 11.7 Å². The summed E-state index contributed by atoms with van der Waals surface area (Å²) in [6, 6.07) is 16.3. The summed E-state index contributed by atoms with van der Waals surface area (Å²) < 4.78 is 2.06. The van der Waals surface area contributed by atoms with Gasteiger partial charge in [-0.15, -0.1) is 0 Å². The number of nitrogens with one attached hydrogen (secondary N) is 1. The van der Waals surface area contributed by atoms with Crippen LogP contribution >= 0.6 is 11.8 Å². The van der Waals surface area contributed by atoms with Crippen molar-refractivity contribution < 1.29 is 9.59 Å². The summed E-state index contributed by atoms with van der Waals surface area (Å²) in [5.41, 5.74) is 3.14. The number of pyridine rings is 1. The van der Waals surface area contributed by atoms with E-state index in [0.29, 0.717) is 18.0 Å². The summed E-state index contributed by atoms with van der Waals surface area (Å²) in [6.45, 7) is 4.35. The van der Waals surface area contributed by atoms with E-state index in [1.807, 2.05) is 35.2 Å². The number of hydrogen-bond donors (Lipinski definition) is 1. The number of amides is 2. The van der Waals surface area contributed by atoms with Crippen LogP contribution in [0.3, 0.4) is 0 Å². The van der Waals surface area contributed by atoms with Crippen molar-refractivity contribution in [2.24, 2.45) is 0 Å². The zero-order valence-corrected chi connectivity index (χ0v) is 20.0. The zero-order valence-electron chi connectivity index (χ0n) is 19.2. The maximum atomic E-state index is 12.7. The lowest BCUT2D eigenvalue weighted by Gasteiger charge is -2.34. The van der Waals surface area contributed by atoms with Gasteiger partial charge in [0.25, 0.3) is 5.91 Å². The molecule has 0 unspecified atom stereocenters. The summed E-state index contributed by atoms with van der Waals surface area (Å²) in [5, 5.41) is 4.03. The van der Waals surface area contributed by atoms with Crippen molar-refractivity contribution in [3.05, 3.63) is 70.9 Å². The molecule has 1 aromatic carbocycles. The smallest absolute Gasteiger partial charge is 0.258 e. The summed E-state index contributed by atoms with van der Waals surface area (Å²) in [5.74, 6) is 0.145. The van der Waals surface area contributed by atoms with Crippen molar-refractivity contribution in [1.82, 2.24) is 24.5 Å². The van der Waals surface area contributed by atoms with E-state index >= 15 is 0 Å². The van der Waals surface area contributed by atoms with E-state index < -0.39 is 0 Å². The Hall–Kier alpha value is -3.10. The first kappa shape index (κ1) is 22.7. The van der Waals surface area contributed by atoms with Crippen LogP contribution in [0.4, 0.5) is 0 Å². The Morgan fingerprint density at radius 2 is 1.91 bits per heavy atom. The minimum Gasteiger partial charge on any atom is -0.352 e. The third-order valence-corrected chi connectivity index (χ3v) is 7.36. The van der Waals surface area contributed by atoms with Crippen LogP contribution in [-0.2, 0) is 16.0 Å². The normalized spacial score (nSPS) is 16.1. The maximum Gasteiger partial charge on any atom is 0.258 e. The average Bonchev–Trinajstić information content (AvgIpc) is 3.28. The van der Waals surface area contributed by atoms with Crippen LogP contribution in [-0.4, -0.2) is 70.3 Å². The molecule has 4 heterocycles. The van der Waals surface area contributed by atoms with Gasteiger partial charge in [-0.2, -0.15) is 0 Å². The third kappa shape index (κ3) is 5.18. The van der Waals surface area contributed by atoms with Gasteiger partial charge in [0, 0.05) is 32.7 Å². The lowest BCUT2D eigenvalue weighted by atomic mass is 10.1. The Kier molecular flexibility index (Phi) is 6.97. The second-order valence-electron chi connectivity index (χ2n) is 8.71. The molecule has 0 atom stereocenters. The minimum atomic E-state index is -0.0613. The first-order valence-electron chi connectivity index (χ1n) is 11.9. The van der Waals surface area contributed by atoms with E-state index in [0.717, 1.165) is 61.8 Å². The monoisotopic (exact) mass is 475 g/mol. The Balaban J connectivity index is 1.02. The molecule has 1 N–H and O–H groups in total. The number of aromatic nitrogens is 2. The summed E-state index contributed by atoms with van der Waals surface area (Å²) in [6.07, 6.45) is 6.50. The lowest BCUT2D eigenvalue weighted by molar-refractivity contribution is -0.136. The second kappa shape index (κ2) is 10.4. The van der Waals surface area contributed by atoms with Crippen LogP contribution in [0, 0.1) is 0 Å². The highest BCUT2D eigenvalue weighted by atomic mass is 32.2. The van der Waals surface area contributed by atoms with E-state index in [-0.39, 0.29) is 11.8 Å². The van der Waals surface area contributed by atoms with Crippen molar-refractivity contribution in [1.29, 1.82) is 0 Å². The molecule has 0 radical (unpaired) electrons. The Morgan fingerprint density at radius 3 is 2.76 bits per heavy atom. The molecule has 3 aromatic rings. The van der Waals surface area contributed by atoms with Gasteiger partial charge in [0.1, 0.15) is 5.65 Å². The van der Waals surface area contributed by atoms with Crippen LogP contribution in [0.15, 0.2) is 64.7 Å². The molecule has 2 aliphatic heterocycles. The molecule has 2 amide bonds. The van der Waals surface area contributed by atoms with Crippen LogP contribution < -0.4 is 5.32 Å². The minimum absolute atomic E-state index is 0.0613. The van der Waals surface area contributed by atoms with Crippen LogP contribution in [0.2, 0.25) is 0 Å². The maximum absolute atomic E-state index is 12.7. The van der Waals surface area contributed by atoms with Crippen molar-refractivity contribution in [2.45, 2.75) is 24.3 Å². The molecule has 0 aliphatic carbocycles. The number of piperazine rings is 1. The Morgan fingerprint density at radius 1 is 1.03 bits per heavy atom. The molecule has 0 saturated carbocycles. The van der Waals surface area contributed by atoms with E-state index in [9.17, 15) is 9.59 Å². The number of rotatable bonds is 9. The molecule has 8 heteroatoms. The van der Waals surface area contributed by atoms with Gasteiger partial charge in [0.2, 0.25) is 5.91 Å². The Labute approximate surface area is 203 Å². The van der Waals surface area contributed by atoms with Gasteiger partial charge < -0.3 is 10.2 Å². The highest BCUT2D eigenvalue weighted by molar-refractivity contribution is 8.04. The molecule has 1 saturated heterocycles. The van der Waals surface area contributed by atoms with E-state index in [1.54, 1.807) is 6.20 Å². The number of benzene rings is 1. The standard InChI is InChI=1S/C26H29N5O2S/c32-24-19-29(15-16-30(24)14-5-9-20-7-2-1-3-8-20)13-6-12-27-26(33)22-17-21-18-28-23-10-4-11-25(34-22)31(21)23/h1-4,7-8,10-11,17-18H,5-6,9,12-16,19H2,(H,27,33). The molecule has 5 rings (SSSR count). The molecule has 2 aliphatic rings. The number of hydrogen-bond acceptors (Lipinski definition) is 5. The fraction of sp³-hybridized carbons (Fsp3) is 0.346. The molecular formula is C26H29N5O2S. The van der Waals surface area contributed by atoms with E-state index in [1.165, 1.54) is 17.3 Å². The van der Waals surface area contributed by atoms with Crippen molar-refractivity contribution in [3.8, 4) is 0 Å². The first-order valence-corrected chi connectivity index (χ1v) is 12.7. The summed E-state index contributed by atoms with van der Waals surface area (Å²) in [4.78, 5) is 34.5. The van der Waals surface area contributed by atoms with Gasteiger partial charge in [0.05, 0.1) is 28.4 Å². The van der Waals surface area contributed by atoms with Crippen molar-refractivity contribution >= 4 is 35.3 Å². The number of carbonyl (C=O) groups is 2. The molecule has 176 valence electrons. The van der Waals surface area contributed by atoms with E-state index in [2.05, 4.69) is 43.9 Å². The number of nitrogens with zero attached hydrogens (tertiary/aromatic N) is 4. The molecule has 34 heavy (non-hydrogen) atoms. The predicted octanol–water partition coefficient (Wildman–Crippen LogP) is 3.06. The molecule has 2 aromatic heterocycles. The second-order valence-corrected chi connectivity index (χ2v) is 9.77. The first-order chi connectivity index (χ1) is 16.7. The molecule has 1 fully saturated rings. The SMILES string of the molecule is O=C(NCCCN1CCN(CCCc2ccccc2)C(=O)C1)C1=Cc2cnc3cccc(n23)S1. The lowest BCUT2D eigenvalue weighted by Crippen LogP contribution is -2.51. The number of carbonyl (C=O) groups excluding carboxylic acids is 2. The van der Waals surface area contributed by atoms with Gasteiger partial charge in [-0.05, 0) is 43.0 Å². The van der Waals surface area contributed by atoms with Crippen molar-refractivity contribution in [3.63, 3.8) is 0 Å². The van der Waals surface area contributed by atoms with Gasteiger partial charge in [-0.3, -0.25) is 18.9 Å². The third-order valence-electron chi connectivity index (χ3n) is 6.31. The molecule has 0 bridgehead atoms. The number of thioether (sulfide) groups is 1. The van der Waals surface area contributed by atoms with Gasteiger partial charge in [0.15, 0.2) is 0 Å². The summed E-state index contributed by atoms with van der Waals surface area (Å²) >= 11 is 1.47.